The molecule has 2 unspecified atom stereocenters. The van der Waals surface area contributed by atoms with Gasteiger partial charge in [-0.1, -0.05) is 25.1 Å². The lowest BCUT2D eigenvalue weighted by Gasteiger charge is -2.28. The van der Waals surface area contributed by atoms with Gasteiger partial charge in [0.15, 0.2) is 0 Å². The number of hydrogen-bond acceptors (Lipinski definition) is 2. The average molecular weight is 246 g/mol. The summed E-state index contributed by atoms with van der Waals surface area (Å²) in [6, 6.07) is 9.66. The molecule has 1 aliphatic rings. The van der Waals surface area contributed by atoms with Gasteiger partial charge in [0.25, 0.3) is 0 Å². The second-order valence-corrected chi connectivity index (χ2v) is 5.20. The Bertz CT molecular complexity index is 371. The summed E-state index contributed by atoms with van der Waals surface area (Å²) in [4.78, 5) is 11.9. The molecule has 1 fully saturated rings. The van der Waals surface area contributed by atoms with Crippen molar-refractivity contribution in [1.82, 2.24) is 5.32 Å². The fraction of sp³-hybridized carbons (Fsp3) is 0.533. The number of amides is 1. The molecule has 18 heavy (non-hydrogen) atoms. The Labute approximate surface area is 109 Å². The quantitative estimate of drug-likeness (QED) is 0.857. The molecule has 1 amide bonds. The van der Waals surface area contributed by atoms with Crippen molar-refractivity contribution in [3.8, 4) is 0 Å². The van der Waals surface area contributed by atoms with Gasteiger partial charge in [-0.05, 0) is 49.9 Å². The highest BCUT2D eigenvalue weighted by Crippen LogP contribution is 2.22. The van der Waals surface area contributed by atoms with E-state index in [0.717, 1.165) is 18.8 Å². The van der Waals surface area contributed by atoms with Crippen molar-refractivity contribution in [2.45, 2.75) is 26.2 Å². The minimum atomic E-state index is 0.124. The Balaban J connectivity index is 1.79. The largest absolute Gasteiger partial charge is 0.326 e. The molecule has 2 rings (SSSR count). The maximum absolute atomic E-state index is 11.9. The SMILES string of the molecule is CC(CC(=O)Nc1ccccc1)C1CCCNC1. The monoisotopic (exact) mass is 246 g/mol. The number of rotatable bonds is 4. The number of carbonyl (C=O) groups is 1. The third-order valence-electron chi connectivity index (χ3n) is 3.70. The normalized spacial score (nSPS) is 21.3. The average Bonchev–Trinajstić information content (AvgIpc) is 2.40. The molecule has 98 valence electrons. The van der Waals surface area contributed by atoms with Crippen molar-refractivity contribution in [2.75, 3.05) is 18.4 Å². The van der Waals surface area contributed by atoms with Crippen LogP contribution in [0.5, 0.6) is 0 Å². The van der Waals surface area contributed by atoms with Crippen LogP contribution >= 0.6 is 0 Å². The van der Waals surface area contributed by atoms with E-state index in [2.05, 4.69) is 17.6 Å². The van der Waals surface area contributed by atoms with Gasteiger partial charge in [-0.15, -0.1) is 0 Å². The second-order valence-electron chi connectivity index (χ2n) is 5.20. The Hall–Kier alpha value is -1.35. The minimum Gasteiger partial charge on any atom is -0.326 e. The van der Waals surface area contributed by atoms with Gasteiger partial charge in [-0.3, -0.25) is 4.79 Å². The van der Waals surface area contributed by atoms with Crippen molar-refractivity contribution >= 4 is 11.6 Å². The van der Waals surface area contributed by atoms with Crippen LogP contribution < -0.4 is 10.6 Å². The van der Waals surface area contributed by atoms with Crippen molar-refractivity contribution < 1.29 is 4.79 Å². The van der Waals surface area contributed by atoms with E-state index in [0.29, 0.717) is 18.3 Å². The third kappa shape index (κ3) is 3.84. The van der Waals surface area contributed by atoms with E-state index in [4.69, 9.17) is 0 Å². The van der Waals surface area contributed by atoms with Gasteiger partial charge < -0.3 is 10.6 Å². The summed E-state index contributed by atoms with van der Waals surface area (Å²) in [7, 11) is 0. The zero-order chi connectivity index (χ0) is 12.8. The van der Waals surface area contributed by atoms with Gasteiger partial charge in [-0.25, -0.2) is 0 Å². The van der Waals surface area contributed by atoms with E-state index in [1.165, 1.54) is 12.8 Å². The minimum absolute atomic E-state index is 0.124. The van der Waals surface area contributed by atoms with Crippen LogP contribution in [-0.2, 0) is 4.79 Å². The first-order valence-corrected chi connectivity index (χ1v) is 6.81. The summed E-state index contributed by atoms with van der Waals surface area (Å²) in [5.74, 6) is 1.21. The fourth-order valence-corrected chi connectivity index (χ4v) is 2.56. The summed E-state index contributed by atoms with van der Waals surface area (Å²) >= 11 is 0. The van der Waals surface area contributed by atoms with E-state index < -0.39 is 0 Å². The highest BCUT2D eigenvalue weighted by atomic mass is 16.1. The second kappa shape index (κ2) is 6.55. The molecule has 2 atom stereocenters. The molecule has 3 heteroatoms. The molecule has 0 radical (unpaired) electrons. The lowest BCUT2D eigenvalue weighted by Crippen LogP contribution is -2.34. The van der Waals surface area contributed by atoms with Gasteiger partial charge in [0, 0.05) is 12.1 Å². The van der Waals surface area contributed by atoms with Crippen LogP contribution in [0, 0.1) is 11.8 Å². The van der Waals surface area contributed by atoms with Crippen molar-refractivity contribution in [3.63, 3.8) is 0 Å². The zero-order valence-corrected chi connectivity index (χ0v) is 11.0. The molecule has 0 aromatic heterocycles. The van der Waals surface area contributed by atoms with Crippen LogP contribution in [0.4, 0.5) is 5.69 Å². The number of benzene rings is 1. The standard InChI is InChI=1S/C15H22N2O/c1-12(13-6-5-9-16-11-13)10-15(18)17-14-7-3-2-4-8-14/h2-4,7-8,12-13,16H,5-6,9-11H2,1H3,(H,17,18). The molecule has 1 aromatic rings. The number of nitrogens with one attached hydrogen (secondary N) is 2. The maximum atomic E-state index is 11.9. The number of para-hydroxylation sites is 1. The molecule has 1 aromatic carbocycles. The van der Waals surface area contributed by atoms with Crippen molar-refractivity contribution in [1.29, 1.82) is 0 Å². The van der Waals surface area contributed by atoms with Crippen molar-refractivity contribution in [3.05, 3.63) is 30.3 Å². The Morgan fingerprint density at radius 2 is 2.22 bits per heavy atom. The molecule has 0 saturated carbocycles. The van der Waals surface area contributed by atoms with E-state index in [-0.39, 0.29) is 5.91 Å². The molecule has 2 N–H and O–H groups in total. The van der Waals surface area contributed by atoms with Crippen LogP contribution in [0.3, 0.4) is 0 Å². The lowest BCUT2D eigenvalue weighted by molar-refractivity contribution is -0.117. The maximum Gasteiger partial charge on any atom is 0.224 e. The molecular weight excluding hydrogens is 224 g/mol. The predicted octanol–water partition coefficient (Wildman–Crippen LogP) is 2.65. The first-order valence-electron chi connectivity index (χ1n) is 6.81. The number of hydrogen-bond donors (Lipinski definition) is 2. The number of carbonyl (C=O) groups excluding carboxylic acids is 1. The molecule has 1 saturated heterocycles. The molecule has 0 bridgehead atoms. The zero-order valence-electron chi connectivity index (χ0n) is 11.0. The fourth-order valence-electron chi connectivity index (χ4n) is 2.56. The smallest absolute Gasteiger partial charge is 0.224 e. The van der Waals surface area contributed by atoms with Crippen LogP contribution in [0.15, 0.2) is 30.3 Å². The summed E-state index contributed by atoms with van der Waals surface area (Å²) < 4.78 is 0. The molecule has 0 aliphatic carbocycles. The topological polar surface area (TPSA) is 41.1 Å². The highest BCUT2D eigenvalue weighted by Gasteiger charge is 2.21. The van der Waals surface area contributed by atoms with E-state index in [1.807, 2.05) is 30.3 Å². The predicted molar refractivity (Wildman–Crippen MR) is 74.4 cm³/mol. The van der Waals surface area contributed by atoms with Gasteiger partial charge in [0.05, 0.1) is 0 Å². The van der Waals surface area contributed by atoms with Crippen LogP contribution in [-0.4, -0.2) is 19.0 Å². The lowest BCUT2D eigenvalue weighted by atomic mass is 9.85. The van der Waals surface area contributed by atoms with Gasteiger partial charge in [0.1, 0.15) is 0 Å². The van der Waals surface area contributed by atoms with Gasteiger partial charge in [0.2, 0.25) is 5.91 Å². The summed E-state index contributed by atoms with van der Waals surface area (Å²) in [6.45, 7) is 4.36. The molecule has 1 heterocycles. The Kier molecular flexibility index (Phi) is 4.76. The summed E-state index contributed by atoms with van der Waals surface area (Å²) in [5, 5.41) is 6.36. The van der Waals surface area contributed by atoms with Crippen molar-refractivity contribution in [2.24, 2.45) is 11.8 Å². The van der Waals surface area contributed by atoms with Gasteiger partial charge in [-0.2, -0.15) is 0 Å². The van der Waals surface area contributed by atoms with Crippen LogP contribution in [0.25, 0.3) is 0 Å². The summed E-state index contributed by atoms with van der Waals surface area (Å²) in [6.07, 6.45) is 3.09. The highest BCUT2D eigenvalue weighted by molar-refractivity contribution is 5.90. The molecule has 3 nitrogen and oxygen atoms in total. The first kappa shape index (κ1) is 13.1. The molecule has 0 spiro atoms. The number of anilines is 1. The Morgan fingerprint density at radius 3 is 2.89 bits per heavy atom. The Morgan fingerprint density at radius 1 is 1.44 bits per heavy atom. The van der Waals surface area contributed by atoms with E-state index >= 15 is 0 Å². The molecular formula is C15H22N2O. The first-order chi connectivity index (χ1) is 8.75. The van der Waals surface area contributed by atoms with Gasteiger partial charge >= 0.3 is 0 Å². The van der Waals surface area contributed by atoms with Crippen LogP contribution in [0.1, 0.15) is 26.2 Å². The third-order valence-corrected chi connectivity index (χ3v) is 3.70. The molecule has 1 aliphatic heterocycles. The number of piperidine rings is 1. The summed E-state index contributed by atoms with van der Waals surface area (Å²) in [5.41, 5.74) is 0.886. The van der Waals surface area contributed by atoms with E-state index in [9.17, 15) is 4.79 Å². The van der Waals surface area contributed by atoms with E-state index in [1.54, 1.807) is 0 Å². The van der Waals surface area contributed by atoms with Crippen LogP contribution in [0.2, 0.25) is 0 Å².